The molecule has 1 fully saturated rings. The molecule has 1 atom stereocenters. The van der Waals surface area contributed by atoms with Crippen molar-refractivity contribution < 1.29 is 4.79 Å². The zero-order valence-electron chi connectivity index (χ0n) is 23.3. The molecular formula is C34H41ClN4O. The molecule has 5 rings (SSSR count). The van der Waals surface area contributed by atoms with E-state index in [0.717, 1.165) is 67.6 Å². The van der Waals surface area contributed by atoms with E-state index < -0.39 is 11.0 Å². The molecule has 0 saturated carbocycles. The predicted molar refractivity (Wildman–Crippen MR) is 164 cm³/mol. The number of H-pyrrole nitrogens is 1. The minimum absolute atomic E-state index is 0. The number of hydrogen-bond acceptors (Lipinski definition) is 3. The van der Waals surface area contributed by atoms with E-state index in [-0.39, 0.29) is 18.3 Å². The number of amides is 1. The van der Waals surface area contributed by atoms with Crippen molar-refractivity contribution in [2.45, 2.75) is 56.4 Å². The molecule has 0 spiro atoms. The Hall–Kier alpha value is -3.41. The van der Waals surface area contributed by atoms with Crippen molar-refractivity contribution in [2.75, 3.05) is 13.1 Å². The Balaban J connectivity index is 0.00000370. The van der Waals surface area contributed by atoms with Crippen molar-refractivity contribution >= 4 is 18.3 Å². The maximum atomic E-state index is 15.0. The molecule has 3 aromatic carbocycles. The standard InChI is InChI=1S/C34H40N4O.ClH/c1-2-27-20-23-38(24-21-27)32(39)33(35,22-12-19-31-25-36-26-37-31)34(28-13-6-3-7-14-28,29-15-8-4-9-16-29)30-17-10-5-11-18-30;/h3-11,13-18,25-27H,2,12,19-24,35H2,1H3,(H,36,37);1H. The molecule has 0 radical (unpaired) electrons. The summed E-state index contributed by atoms with van der Waals surface area (Å²) < 4.78 is 0. The Morgan fingerprint density at radius 1 is 0.900 bits per heavy atom. The molecule has 1 aromatic heterocycles. The third-order valence-electron chi connectivity index (χ3n) is 8.72. The smallest absolute Gasteiger partial charge is 0.244 e. The largest absolute Gasteiger partial charge is 0.348 e. The SMILES string of the molecule is CCC1CCN(C(=O)C(N)(CCCc2cnc[nH]2)C(c2ccccc2)(c2ccccc2)c2ccccc2)CC1.Cl. The van der Waals surface area contributed by atoms with Crippen molar-refractivity contribution in [3.63, 3.8) is 0 Å². The Labute approximate surface area is 244 Å². The molecule has 4 aromatic rings. The van der Waals surface area contributed by atoms with Gasteiger partial charge in [0.2, 0.25) is 5.91 Å². The van der Waals surface area contributed by atoms with Gasteiger partial charge in [-0.3, -0.25) is 4.79 Å². The van der Waals surface area contributed by atoms with Crippen molar-refractivity contribution in [2.24, 2.45) is 11.7 Å². The first kappa shape index (κ1) is 29.6. The van der Waals surface area contributed by atoms with E-state index in [1.54, 1.807) is 6.33 Å². The lowest BCUT2D eigenvalue weighted by Crippen LogP contribution is -2.68. The highest BCUT2D eigenvalue weighted by Crippen LogP contribution is 2.49. The van der Waals surface area contributed by atoms with E-state index in [0.29, 0.717) is 12.3 Å². The number of imidazole rings is 1. The number of aromatic amines is 1. The number of hydrogen-bond donors (Lipinski definition) is 2. The first-order valence-corrected chi connectivity index (χ1v) is 14.3. The Morgan fingerprint density at radius 2 is 1.40 bits per heavy atom. The maximum absolute atomic E-state index is 15.0. The number of nitrogens with one attached hydrogen (secondary N) is 1. The normalized spacial score (nSPS) is 15.7. The molecule has 1 saturated heterocycles. The number of benzene rings is 3. The van der Waals surface area contributed by atoms with Gasteiger partial charge in [-0.25, -0.2) is 4.98 Å². The molecule has 210 valence electrons. The molecule has 1 unspecified atom stereocenters. The number of nitrogens with zero attached hydrogens (tertiary/aromatic N) is 2. The molecule has 1 aliphatic rings. The number of piperidine rings is 1. The van der Waals surface area contributed by atoms with Crippen LogP contribution >= 0.6 is 12.4 Å². The van der Waals surface area contributed by atoms with Gasteiger partial charge >= 0.3 is 0 Å². The lowest BCUT2D eigenvalue weighted by molar-refractivity contribution is -0.140. The fourth-order valence-electron chi connectivity index (χ4n) is 6.60. The molecular weight excluding hydrogens is 516 g/mol. The van der Waals surface area contributed by atoms with Gasteiger partial charge in [0, 0.05) is 25.0 Å². The molecule has 1 amide bonds. The summed E-state index contributed by atoms with van der Waals surface area (Å²) in [6, 6.07) is 31.2. The first-order valence-electron chi connectivity index (χ1n) is 14.3. The molecule has 5 nitrogen and oxygen atoms in total. The van der Waals surface area contributed by atoms with Gasteiger partial charge in [-0.1, -0.05) is 104 Å². The molecule has 40 heavy (non-hydrogen) atoms. The van der Waals surface area contributed by atoms with Crippen LogP contribution in [0.2, 0.25) is 0 Å². The van der Waals surface area contributed by atoms with E-state index in [4.69, 9.17) is 5.73 Å². The number of aryl methyl sites for hydroxylation is 1. The second kappa shape index (κ2) is 13.3. The van der Waals surface area contributed by atoms with Crippen LogP contribution in [0.25, 0.3) is 0 Å². The predicted octanol–water partition coefficient (Wildman–Crippen LogP) is 6.53. The Kier molecular flexibility index (Phi) is 9.83. The zero-order chi connectivity index (χ0) is 27.1. The fraction of sp³-hybridized carbons (Fsp3) is 0.353. The van der Waals surface area contributed by atoms with Gasteiger partial charge in [0.25, 0.3) is 0 Å². The number of carbonyl (C=O) groups excluding carboxylic acids is 1. The van der Waals surface area contributed by atoms with E-state index in [1.165, 1.54) is 0 Å². The van der Waals surface area contributed by atoms with Crippen LogP contribution in [0.4, 0.5) is 0 Å². The first-order chi connectivity index (χ1) is 19.1. The van der Waals surface area contributed by atoms with Gasteiger partial charge in [0.05, 0.1) is 11.7 Å². The van der Waals surface area contributed by atoms with E-state index >= 15 is 0 Å². The number of aromatic nitrogens is 2. The van der Waals surface area contributed by atoms with Crippen LogP contribution in [0.1, 0.15) is 61.4 Å². The van der Waals surface area contributed by atoms with Gasteiger partial charge in [-0.2, -0.15) is 0 Å². The lowest BCUT2D eigenvalue weighted by Gasteiger charge is -2.51. The zero-order valence-corrected chi connectivity index (χ0v) is 24.2. The lowest BCUT2D eigenvalue weighted by atomic mass is 9.56. The number of halogens is 1. The highest BCUT2D eigenvalue weighted by molar-refractivity contribution is 5.91. The summed E-state index contributed by atoms with van der Waals surface area (Å²) in [4.78, 5) is 24.4. The average molecular weight is 557 g/mol. The highest BCUT2D eigenvalue weighted by atomic mass is 35.5. The summed E-state index contributed by atoms with van der Waals surface area (Å²) in [5.74, 6) is 0.710. The van der Waals surface area contributed by atoms with Crippen LogP contribution in [0.3, 0.4) is 0 Å². The van der Waals surface area contributed by atoms with E-state index in [2.05, 4.69) is 89.7 Å². The average Bonchev–Trinajstić information content (AvgIpc) is 3.52. The van der Waals surface area contributed by atoms with Crippen LogP contribution in [-0.2, 0) is 16.6 Å². The number of rotatable bonds is 10. The molecule has 6 heteroatoms. The number of likely N-dealkylation sites (tertiary alicyclic amines) is 1. The summed E-state index contributed by atoms with van der Waals surface area (Å²) in [5.41, 5.74) is 9.77. The maximum Gasteiger partial charge on any atom is 0.244 e. The van der Waals surface area contributed by atoms with Gasteiger partial charge < -0.3 is 15.6 Å². The number of carbonyl (C=O) groups is 1. The summed E-state index contributed by atoms with van der Waals surface area (Å²) in [7, 11) is 0. The van der Waals surface area contributed by atoms with Gasteiger partial charge in [0.1, 0.15) is 5.54 Å². The highest BCUT2D eigenvalue weighted by Gasteiger charge is 2.57. The molecule has 3 N–H and O–H groups in total. The second-order valence-electron chi connectivity index (χ2n) is 10.9. The summed E-state index contributed by atoms with van der Waals surface area (Å²) in [6.07, 6.45) is 8.83. The van der Waals surface area contributed by atoms with Crippen LogP contribution in [0.15, 0.2) is 104 Å². The fourth-order valence-corrected chi connectivity index (χ4v) is 6.60. The summed E-state index contributed by atoms with van der Waals surface area (Å²) >= 11 is 0. The monoisotopic (exact) mass is 556 g/mol. The summed E-state index contributed by atoms with van der Waals surface area (Å²) in [5, 5.41) is 0. The third-order valence-corrected chi connectivity index (χ3v) is 8.72. The van der Waals surface area contributed by atoms with Gasteiger partial charge in [0.15, 0.2) is 0 Å². The van der Waals surface area contributed by atoms with Crippen LogP contribution in [0.5, 0.6) is 0 Å². The molecule has 0 aliphatic carbocycles. The summed E-state index contributed by atoms with van der Waals surface area (Å²) in [6.45, 7) is 3.76. The van der Waals surface area contributed by atoms with Crippen molar-refractivity contribution in [3.05, 3.63) is 126 Å². The van der Waals surface area contributed by atoms with Crippen molar-refractivity contribution in [1.29, 1.82) is 0 Å². The topological polar surface area (TPSA) is 75.0 Å². The minimum atomic E-state index is -1.23. The Bertz CT molecular complexity index is 1210. The van der Waals surface area contributed by atoms with Crippen LogP contribution < -0.4 is 5.73 Å². The van der Waals surface area contributed by atoms with Gasteiger partial charge in [-0.15, -0.1) is 12.4 Å². The molecule has 2 heterocycles. The minimum Gasteiger partial charge on any atom is -0.348 e. The second-order valence-corrected chi connectivity index (χ2v) is 10.9. The van der Waals surface area contributed by atoms with E-state index in [9.17, 15) is 4.79 Å². The number of nitrogens with two attached hydrogens (primary N) is 1. The third kappa shape index (κ3) is 5.59. The van der Waals surface area contributed by atoms with E-state index in [1.807, 2.05) is 29.3 Å². The van der Waals surface area contributed by atoms with Crippen molar-refractivity contribution in [1.82, 2.24) is 14.9 Å². The van der Waals surface area contributed by atoms with Crippen molar-refractivity contribution in [3.8, 4) is 0 Å². The Morgan fingerprint density at radius 3 is 1.82 bits per heavy atom. The quantitative estimate of drug-likeness (QED) is 0.218. The molecule has 1 aliphatic heterocycles. The van der Waals surface area contributed by atoms with Crippen LogP contribution in [-0.4, -0.2) is 39.4 Å². The molecule has 0 bridgehead atoms. The van der Waals surface area contributed by atoms with Crippen LogP contribution in [0, 0.1) is 5.92 Å². The van der Waals surface area contributed by atoms with Gasteiger partial charge in [-0.05, 0) is 54.7 Å².